The van der Waals surface area contributed by atoms with Gasteiger partial charge >= 0.3 is 0 Å². The van der Waals surface area contributed by atoms with Gasteiger partial charge in [0.1, 0.15) is 0 Å². The Labute approximate surface area is 177 Å². The van der Waals surface area contributed by atoms with Crippen molar-refractivity contribution in [2.45, 2.75) is 38.5 Å². The van der Waals surface area contributed by atoms with E-state index in [1.165, 1.54) is 22.8 Å². The number of hydrogen-bond acceptors (Lipinski definition) is 3. The summed E-state index contributed by atoms with van der Waals surface area (Å²) >= 11 is 0. The van der Waals surface area contributed by atoms with Crippen molar-refractivity contribution in [1.29, 1.82) is 0 Å². The Kier molecular flexibility index (Phi) is 4.66. The van der Waals surface area contributed by atoms with Crippen molar-refractivity contribution in [3.05, 3.63) is 58.7 Å². The molecule has 0 aromatic heterocycles. The van der Waals surface area contributed by atoms with Crippen molar-refractivity contribution >= 4 is 23.0 Å². The van der Waals surface area contributed by atoms with E-state index in [9.17, 15) is 9.59 Å². The zero-order valence-electron chi connectivity index (χ0n) is 17.3. The fourth-order valence-corrected chi connectivity index (χ4v) is 5.75. The Morgan fingerprint density at radius 3 is 2.87 bits per heavy atom. The molecule has 2 aliphatic carbocycles. The van der Waals surface area contributed by atoms with Gasteiger partial charge in [0, 0.05) is 30.7 Å². The highest BCUT2D eigenvalue weighted by Crippen LogP contribution is 2.53. The lowest BCUT2D eigenvalue weighted by Gasteiger charge is -2.34. The minimum Gasteiger partial charge on any atom is -0.381 e. The van der Waals surface area contributed by atoms with E-state index in [1.807, 2.05) is 17.0 Å². The van der Waals surface area contributed by atoms with E-state index < -0.39 is 0 Å². The van der Waals surface area contributed by atoms with Crippen molar-refractivity contribution in [1.82, 2.24) is 4.90 Å². The molecule has 1 atom stereocenters. The van der Waals surface area contributed by atoms with E-state index in [0.717, 1.165) is 68.4 Å². The van der Waals surface area contributed by atoms with Crippen molar-refractivity contribution in [2.24, 2.45) is 11.1 Å². The number of amides is 2. The number of fused-ring (bicyclic) bond motifs is 2. The van der Waals surface area contributed by atoms with Crippen LogP contribution in [-0.2, 0) is 16.0 Å². The van der Waals surface area contributed by atoms with Crippen LogP contribution in [0.1, 0.15) is 59.2 Å². The van der Waals surface area contributed by atoms with Crippen LogP contribution in [0, 0.1) is 5.41 Å². The first-order valence-corrected chi connectivity index (χ1v) is 10.9. The monoisotopic (exact) mass is 404 g/mol. The molecule has 156 valence electrons. The number of rotatable bonds is 3. The highest BCUT2D eigenvalue weighted by Gasteiger charge is 2.42. The molecule has 1 fully saturated rings. The average Bonchev–Trinajstić information content (AvgIpc) is 3.37. The fraction of sp³-hybridized carbons (Fsp3) is 0.440. The molecular formula is C25H28N2O3. The molecule has 1 unspecified atom stereocenters. The molecule has 0 bridgehead atoms. The van der Waals surface area contributed by atoms with E-state index in [1.54, 1.807) is 0 Å². The Hall–Kier alpha value is -2.66. The van der Waals surface area contributed by atoms with Gasteiger partial charge in [0.2, 0.25) is 11.8 Å². The van der Waals surface area contributed by atoms with Gasteiger partial charge in [-0.2, -0.15) is 0 Å². The summed E-state index contributed by atoms with van der Waals surface area (Å²) in [7, 11) is 0. The van der Waals surface area contributed by atoms with Crippen molar-refractivity contribution in [3.8, 4) is 0 Å². The van der Waals surface area contributed by atoms with Gasteiger partial charge in [-0.05, 0) is 78.5 Å². The summed E-state index contributed by atoms with van der Waals surface area (Å²) in [6.07, 6.45) is 9.59. The maximum absolute atomic E-state index is 12.2. The lowest BCUT2D eigenvalue weighted by molar-refractivity contribution is -0.125. The van der Waals surface area contributed by atoms with Crippen LogP contribution in [0.4, 0.5) is 0 Å². The average molecular weight is 405 g/mol. The largest absolute Gasteiger partial charge is 0.381 e. The highest BCUT2D eigenvalue weighted by molar-refractivity contribution is 6.00. The van der Waals surface area contributed by atoms with E-state index in [-0.39, 0.29) is 17.2 Å². The number of carbonyl (C=O) groups is 2. The second kappa shape index (κ2) is 7.24. The number of primary amides is 1. The third-order valence-electron chi connectivity index (χ3n) is 7.37. The second-order valence-corrected chi connectivity index (χ2v) is 9.10. The molecule has 1 spiro atoms. The first kappa shape index (κ1) is 19.3. The molecule has 1 aromatic carbocycles. The quantitative estimate of drug-likeness (QED) is 0.784. The predicted octanol–water partition coefficient (Wildman–Crippen LogP) is 3.49. The van der Waals surface area contributed by atoms with E-state index in [0.29, 0.717) is 18.7 Å². The topological polar surface area (TPSA) is 72.6 Å². The molecule has 2 aliphatic heterocycles. The van der Waals surface area contributed by atoms with E-state index in [2.05, 4.69) is 12.7 Å². The number of nitrogens with zero attached hydrogens (tertiary/aromatic N) is 1. The lowest BCUT2D eigenvalue weighted by atomic mass is 9.70. The number of hydrogen-bond donors (Lipinski definition) is 1. The van der Waals surface area contributed by atoms with Gasteiger partial charge in [0.25, 0.3) is 0 Å². The predicted molar refractivity (Wildman–Crippen MR) is 117 cm³/mol. The maximum Gasteiger partial charge on any atom is 0.249 e. The van der Waals surface area contributed by atoms with Gasteiger partial charge in [-0.25, -0.2) is 0 Å². The molecule has 1 saturated heterocycles. The van der Waals surface area contributed by atoms with Crippen LogP contribution in [0.25, 0.3) is 11.1 Å². The molecule has 5 nitrogen and oxygen atoms in total. The third-order valence-corrected chi connectivity index (χ3v) is 7.37. The molecule has 0 radical (unpaired) electrons. The van der Waals surface area contributed by atoms with Gasteiger partial charge in [0.05, 0.1) is 6.61 Å². The summed E-state index contributed by atoms with van der Waals surface area (Å²) in [5, 5.41) is 0. The van der Waals surface area contributed by atoms with Crippen LogP contribution >= 0.6 is 0 Å². The zero-order chi connectivity index (χ0) is 20.9. The Balaban J connectivity index is 1.59. The molecule has 30 heavy (non-hydrogen) atoms. The fourth-order valence-electron chi connectivity index (χ4n) is 5.75. The van der Waals surface area contributed by atoms with Gasteiger partial charge in [-0.15, -0.1) is 0 Å². The van der Waals surface area contributed by atoms with E-state index in [4.69, 9.17) is 10.5 Å². The first-order chi connectivity index (χ1) is 14.5. The molecule has 2 heterocycles. The molecule has 1 aromatic rings. The summed E-state index contributed by atoms with van der Waals surface area (Å²) in [5.41, 5.74) is 14.0. The Bertz CT molecular complexity index is 1010. The zero-order valence-corrected chi connectivity index (χ0v) is 17.3. The van der Waals surface area contributed by atoms with Crippen LogP contribution in [0.2, 0.25) is 0 Å². The summed E-state index contributed by atoms with van der Waals surface area (Å²) < 4.78 is 5.77. The molecule has 2 amide bonds. The number of allylic oxidation sites excluding steroid dienone is 2. The van der Waals surface area contributed by atoms with Crippen LogP contribution < -0.4 is 5.73 Å². The number of nitrogens with two attached hydrogens (primary N) is 1. The summed E-state index contributed by atoms with van der Waals surface area (Å²) in [6.45, 7) is 6.59. The van der Waals surface area contributed by atoms with Gasteiger partial charge in [-0.3, -0.25) is 9.59 Å². The number of carbonyl (C=O) groups excluding carboxylic acids is 2. The van der Waals surface area contributed by atoms with Gasteiger partial charge < -0.3 is 15.4 Å². The standard InChI is InChI=1S/C25H28N2O3/c1-2-22(28)27-10-3-4-17(14-27)18-5-6-19(24(26)29)20-12-16-7-8-25(9-11-30-15-25)13-21(16)23(18)20/h2,4-6H,1,3,7-15H2,(H2,26,29). The molecule has 0 saturated carbocycles. The van der Waals surface area contributed by atoms with E-state index >= 15 is 0 Å². The van der Waals surface area contributed by atoms with Crippen molar-refractivity contribution < 1.29 is 14.3 Å². The SMILES string of the molecule is C=CC(=O)N1CCC=C(c2ccc(C(N)=O)c3c2C2=C(CCC4(CCOC4)C2)C3)C1. The molecular weight excluding hydrogens is 376 g/mol. The van der Waals surface area contributed by atoms with Gasteiger partial charge in [0.15, 0.2) is 0 Å². The van der Waals surface area contributed by atoms with Crippen LogP contribution in [0.3, 0.4) is 0 Å². The molecule has 2 N–H and O–H groups in total. The number of ether oxygens (including phenoxy) is 1. The third kappa shape index (κ3) is 3.03. The summed E-state index contributed by atoms with van der Waals surface area (Å²) in [5.74, 6) is -0.400. The summed E-state index contributed by atoms with van der Waals surface area (Å²) in [4.78, 5) is 26.2. The molecule has 5 rings (SSSR count). The van der Waals surface area contributed by atoms with Crippen molar-refractivity contribution in [3.63, 3.8) is 0 Å². The first-order valence-electron chi connectivity index (χ1n) is 10.9. The lowest BCUT2D eigenvalue weighted by Crippen LogP contribution is -2.34. The minimum atomic E-state index is -0.363. The smallest absolute Gasteiger partial charge is 0.249 e. The highest BCUT2D eigenvalue weighted by atomic mass is 16.5. The minimum absolute atomic E-state index is 0.0365. The van der Waals surface area contributed by atoms with Crippen LogP contribution in [0.5, 0.6) is 0 Å². The second-order valence-electron chi connectivity index (χ2n) is 9.10. The Morgan fingerprint density at radius 2 is 2.13 bits per heavy atom. The summed E-state index contributed by atoms with van der Waals surface area (Å²) in [6, 6.07) is 3.91. The maximum atomic E-state index is 12.2. The molecule has 5 heteroatoms. The normalized spacial score (nSPS) is 25.2. The van der Waals surface area contributed by atoms with Crippen LogP contribution in [0.15, 0.2) is 36.4 Å². The Morgan fingerprint density at radius 1 is 1.27 bits per heavy atom. The van der Waals surface area contributed by atoms with Gasteiger partial charge in [-0.1, -0.05) is 24.3 Å². The molecule has 4 aliphatic rings. The van der Waals surface area contributed by atoms with Crippen LogP contribution in [-0.4, -0.2) is 43.0 Å². The number of benzene rings is 1. The van der Waals surface area contributed by atoms with Crippen molar-refractivity contribution in [2.75, 3.05) is 26.3 Å².